The molecule has 24 heavy (non-hydrogen) atoms. The number of nitrogens with zero attached hydrogens (tertiary/aromatic N) is 2. The van der Waals surface area contributed by atoms with Crippen molar-refractivity contribution in [2.45, 2.75) is 71.6 Å². The molecule has 0 atom stereocenters. The van der Waals surface area contributed by atoms with E-state index in [0.717, 1.165) is 19.3 Å². The van der Waals surface area contributed by atoms with Crippen LogP contribution >= 0.6 is 0 Å². The summed E-state index contributed by atoms with van der Waals surface area (Å²) in [5.41, 5.74) is 0. The molecule has 1 saturated heterocycles. The summed E-state index contributed by atoms with van der Waals surface area (Å²) in [5, 5.41) is 0.452. The summed E-state index contributed by atoms with van der Waals surface area (Å²) >= 11 is 0. The second-order valence-electron chi connectivity index (χ2n) is 8.47. The summed E-state index contributed by atoms with van der Waals surface area (Å²) in [7, 11) is -2.71. The lowest BCUT2D eigenvalue weighted by molar-refractivity contribution is 0.176. The molecule has 0 amide bonds. The maximum absolute atomic E-state index is 5.76. The van der Waals surface area contributed by atoms with Crippen molar-refractivity contribution in [3.63, 3.8) is 0 Å². The van der Waals surface area contributed by atoms with Crippen molar-refractivity contribution in [2.24, 2.45) is 0 Å². The van der Waals surface area contributed by atoms with Gasteiger partial charge in [-0.25, -0.2) is 0 Å². The first-order chi connectivity index (χ1) is 11.2. The fourth-order valence-corrected chi connectivity index (χ4v) is 7.30. The average molecular weight is 375 g/mol. The monoisotopic (exact) mass is 374 g/mol. The molecule has 0 aliphatic carbocycles. The molecular formula is C18H42N2O2Si2. The van der Waals surface area contributed by atoms with Crippen LogP contribution in [0.15, 0.2) is 0 Å². The van der Waals surface area contributed by atoms with Crippen LogP contribution in [0.2, 0.25) is 24.2 Å². The SMILES string of the molecule is CCO[SiH](CCCCN1CCN([Si](C)(C)C(C)(C)C)CC1)OCC. The van der Waals surface area contributed by atoms with Gasteiger partial charge in [-0.3, -0.25) is 0 Å². The Hall–Kier alpha value is 0.274. The predicted molar refractivity (Wildman–Crippen MR) is 110 cm³/mol. The highest BCUT2D eigenvalue weighted by molar-refractivity contribution is 6.77. The normalized spacial score (nSPS) is 18.5. The van der Waals surface area contributed by atoms with E-state index in [4.69, 9.17) is 8.85 Å². The summed E-state index contributed by atoms with van der Waals surface area (Å²) in [6, 6.07) is 1.16. The van der Waals surface area contributed by atoms with Crippen LogP contribution in [0.4, 0.5) is 0 Å². The molecule has 0 saturated carbocycles. The zero-order valence-electron chi connectivity index (χ0n) is 17.4. The molecule has 0 aromatic heterocycles. The molecule has 0 unspecified atom stereocenters. The topological polar surface area (TPSA) is 24.9 Å². The summed E-state index contributed by atoms with van der Waals surface area (Å²) in [5.74, 6) is 0. The third-order valence-corrected chi connectivity index (χ3v) is 13.9. The minimum absolute atomic E-state index is 0.452. The van der Waals surface area contributed by atoms with E-state index in [2.05, 4.69) is 57.2 Å². The lowest BCUT2D eigenvalue weighted by Crippen LogP contribution is -2.61. The molecule has 144 valence electrons. The lowest BCUT2D eigenvalue weighted by atomic mass is 10.2. The Balaban J connectivity index is 2.25. The van der Waals surface area contributed by atoms with Gasteiger partial charge in [-0.1, -0.05) is 40.3 Å². The highest BCUT2D eigenvalue weighted by Crippen LogP contribution is 2.38. The second-order valence-corrected chi connectivity index (χ2v) is 15.8. The van der Waals surface area contributed by atoms with Crippen molar-refractivity contribution < 1.29 is 8.85 Å². The minimum Gasteiger partial charge on any atom is -0.397 e. The minimum atomic E-state index is -1.38. The van der Waals surface area contributed by atoms with Gasteiger partial charge in [0.25, 0.3) is 0 Å². The molecule has 0 N–H and O–H groups in total. The third-order valence-electron chi connectivity index (χ3n) is 5.87. The van der Waals surface area contributed by atoms with Gasteiger partial charge in [0, 0.05) is 39.4 Å². The van der Waals surface area contributed by atoms with Crippen LogP contribution in [-0.4, -0.2) is 72.9 Å². The summed E-state index contributed by atoms with van der Waals surface area (Å²) in [6.07, 6.45) is 2.53. The van der Waals surface area contributed by atoms with Crippen LogP contribution in [0.3, 0.4) is 0 Å². The van der Waals surface area contributed by atoms with Crippen molar-refractivity contribution in [3.8, 4) is 0 Å². The highest BCUT2D eigenvalue weighted by Gasteiger charge is 2.41. The molecule has 1 fully saturated rings. The van der Waals surface area contributed by atoms with Gasteiger partial charge in [-0.15, -0.1) is 0 Å². The van der Waals surface area contributed by atoms with E-state index in [1.54, 1.807) is 0 Å². The van der Waals surface area contributed by atoms with Gasteiger partial charge in [0.1, 0.15) is 8.24 Å². The number of hydrogen-bond acceptors (Lipinski definition) is 4. The predicted octanol–water partition coefficient (Wildman–Crippen LogP) is 3.68. The number of hydrogen-bond donors (Lipinski definition) is 0. The zero-order chi connectivity index (χ0) is 18.2. The van der Waals surface area contributed by atoms with E-state index >= 15 is 0 Å². The van der Waals surface area contributed by atoms with Crippen LogP contribution in [0.1, 0.15) is 47.5 Å². The Morgan fingerprint density at radius 1 is 0.917 bits per heavy atom. The van der Waals surface area contributed by atoms with Crippen LogP contribution in [0, 0.1) is 0 Å². The quantitative estimate of drug-likeness (QED) is 0.430. The smallest absolute Gasteiger partial charge is 0.321 e. The van der Waals surface area contributed by atoms with Gasteiger partial charge >= 0.3 is 9.28 Å². The molecule has 0 aromatic rings. The first kappa shape index (κ1) is 22.3. The standard InChI is InChI=1S/C18H42N2O2Si2/c1-8-21-23(22-9-2)17-11-10-12-19-13-15-20(16-14-19)24(6,7)18(3,4)5/h23H,8-17H2,1-7H3. The van der Waals surface area contributed by atoms with E-state index < -0.39 is 17.5 Å². The molecule has 1 rings (SSSR count). The van der Waals surface area contributed by atoms with Gasteiger partial charge in [0.05, 0.1) is 0 Å². The number of rotatable bonds is 10. The van der Waals surface area contributed by atoms with Crippen LogP contribution in [-0.2, 0) is 8.85 Å². The zero-order valence-corrected chi connectivity index (χ0v) is 19.5. The molecule has 0 aromatic carbocycles. The second kappa shape index (κ2) is 10.4. The molecule has 4 nitrogen and oxygen atoms in total. The summed E-state index contributed by atoms with van der Waals surface area (Å²) in [6.45, 7) is 24.3. The molecule has 1 aliphatic heterocycles. The van der Waals surface area contributed by atoms with Crippen LogP contribution in [0.25, 0.3) is 0 Å². The molecular weight excluding hydrogens is 332 g/mol. The average Bonchev–Trinajstić information content (AvgIpc) is 2.51. The third kappa shape index (κ3) is 6.88. The largest absolute Gasteiger partial charge is 0.397 e. The van der Waals surface area contributed by atoms with Crippen LogP contribution < -0.4 is 0 Å². The Bertz CT molecular complexity index is 334. The van der Waals surface area contributed by atoms with Crippen molar-refractivity contribution in [2.75, 3.05) is 45.9 Å². The van der Waals surface area contributed by atoms with Crippen molar-refractivity contribution >= 4 is 17.5 Å². The molecule has 0 bridgehead atoms. The van der Waals surface area contributed by atoms with E-state index in [1.807, 2.05) is 0 Å². The van der Waals surface area contributed by atoms with Gasteiger partial charge in [-0.2, -0.15) is 0 Å². The summed E-state index contributed by atoms with van der Waals surface area (Å²) < 4.78 is 14.3. The highest BCUT2D eigenvalue weighted by atomic mass is 28.3. The van der Waals surface area contributed by atoms with Gasteiger partial charge in [0.2, 0.25) is 0 Å². The molecule has 1 aliphatic rings. The van der Waals surface area contributed by atoms with Crippen molar-refractivity contribution in [1.29, 1.82) is 0 Å². The van der Waals surface area contributed by atoms with E-state index in [-0.39, 0.29) is 0 Å². The van der Waals surface area contributed by atoms with Crippen molar-refractivity contribution in [3.05, 3.63) is 0 Å². The van der Waals surface area contributed by atoms with Gasteiger partial charge in [0.15, 0.2) is 0 Å². The molecule has 1 heterocycles. The fraction of sp³-hybridized carbons (Fsp3) is 1.00. The van der Waals surface area contributed by atoms with E-state index in [0.29, 0.717) is 5.04 Å². The van der Waals surface area contributed by atoms with Crippen LogP contribution in [0.5, 0.6) is 0 Å². The molecule has 0 spiro atoms. The summed E-state index contributed by atoms with van der Waals surface area (Å²) in [4.78, 5) is 2.65. The molecule has 6 heteroatoms. The Morgan fingerprint density at radius 2 is 1.46 bits per heavy atom. The van der Waals surface area contributed by atoms with Gasteiger partial charge in [-0.05, 0) is 37.9 Å². The first-order valence-electron chi connectivity index (χ1n) is 9.93. The Labute approximate surface area is 153 Å². The van der Waals surface area contributed by atoms with E-state index in [9.17, 15) is 0 Å². The number of unbranched alkanes of at least 4 members (excludes halogenated alkanes) is 1. The Morgan fingerprint density at radius 3 is 1.92 bits per heavy atom. The Kier molecular flexibility index (Phi) is 9.70. The maximum Gasteiger partial charge on any atom is 0.321 e. The van der Waals surface area contributed by atoms with Crippen molar-refractivity contribution in [1.82, 2.24) is 9.47 Å². The number of piperazine rings is 1. The maximum atomic E-state index is 5.76. The molecule has 0 radical (unpaired) electrons. The van der Waals surface area contributed by atoms with Gasteiger partial charge < -0.3 is 18.3 Å². The fourth-order valence-electron chi connectivity index (χ4n) is 3.24. The first-order valence-corrected chi connectivity index (χ1v) is 14.6. The van der Waals surface area contributed by atoms with E-state index in [1.165, 1.54) is 45.6 Å². The lowest BCUT2D eigenvalue weighted by Gasteiger charge is -2.49.